The first kappa shape index (κ1) is 15.0. The predicted molar refractivity (Wildman–Crippen MR) is 67.6 cm³/mol. The standard InChI is InChI=1S/C15H10F4O2/c16-14-7-13(5-4-11(14)8-20)21-9-10-2-1-3-12(6-10)15(17,18)19/h1-8H,9H2. The van der Waals surface area contributed by atoms with E-state index in [4.69, 9.17) is 4.74 Å². The number of hydrogen-bond donors (Lipinski definition) is 0. The lowest BCUT2D eigenvalue weighted by molar-refractivity contribution is -0.137. The first-order valence-electron chi connectivity index (χ1n) is 5.94. The van der Waals surface area contributed by atoms with Crippen molar-refractivity contribution in [2.75, 3.05) is 0 Å². The van der Waals surface area contributed by atoms with Crippen molar-refractivity contribution >= 4 is 6.29 Å². The largest absolute Gasteiger partial charge is 0.489 e. The maximum Gasteiger partial charge on any atom is 0.416 e. The van der Waals surface area contributed by atoms with Crippen LogP contribution in [0, 0.1) is 5.82 Å². The molecule has 0 unspecified atom stereocenters. The van der Waals surface area contributed by atoms with Gasteiger partial charge in [-0.1, -0.05) is 12.1 Å². The Hall–Kier alpha value is -2.37. The van der Waals surface area contributed by atoms with Gasteiger partial charge in [-0.3, -0.25) is 4.79 Å². The highest BCUT2D eigenvalue weighted by Crippen LogP contribution is 2.29. The predicted octanol–water partition coefficient (Wildman–Crippen LogP) is 4.24. The summed E-state index contributed by atoms with van der Waals surface area (Å²) >= 11 is 0. The molecule has 2 aromatic rings. The van der Waals surface area contributed by atoms with Gasteiger partial charge in [0.25, 0.3) is 0 Å². The average Bonchev–Trinajstić information content (AvgIpc) is 2.45. The Labute approximate surface area is 118 Å². The lowest BCUT2D eigenvalue weighted by Gasteiger charge is -2.10. The highest BCUT2D eigenvalue weighted by molar-refractivity contribution is 5.75. The summed E-state index contributed by atoms with van der Waals surface area (Å²) in [6.45, 7) is -0.135. The van der Waals surface area contributed by atoms with Gasteiger partial charge in [0.15, 0.2) is 6.29 Å². The molecule has 0 aliphatic rings. The number of carbonyl (C=O) groups excluding carboxylic acids is 1. The number of halogens is 4. The van der Waals surface area contributed by atoms with Crippen molar-refractivity contribution in [2.45, 2.75) is 12.8 Å². The summed E-state index contributed by atoms with van der Waals surface area (Å²) in [6, 6.07) is 8.31. The van der Waals surface area contributed by atoms with Gasteiger partial charge in [0.1, 0.15) is 18.2 Å². The summed E-state index contributed by atoms with van der Waals surface area (Å²) in [5, 5.41) is 0. The Morgan fingerprint density at radius 3 is 2.48 bits per heavy atom. The molecule has 110 valence electrons. The summed E-state index contributed by atoms with van der Waals surface area (Å²) in [4.78, 5) is 10.5. The summed E-state index contributed by atoms with van der Waals surface area (Å²) in [5.41, 5.74) is -0.572. The van der Waals surface area contributed by atoms with Crippen LogP contribution in [0.3, 0.4) is 0 Å². The first-order chi connectivity index (χ1) is 9.90. The van der Waals surface area contributed by atoms with E-state index in [1.54, 1.807) is 0 Å². The quantitative estimate of drug-likeness (QED) is 0.623. The number of ether oxygens (including phenoxy) is 1. The summed E-state index contributed by atoms with van der Waals surface area (Å²) < 4.78 is 56.2. The molecular formula is C15H10F4O2. The molecule has 0 saturated heterocycles. The van der Waals surface area contributed by atoms with Crippen molar-refractivity contribution in [1.29, 1.82) is 0 Å². The molecule has 0 amide bonds. The Balaban J connectivity index is 2.10. The van der Waals surface area contributed by atoms with Gasteiger partial charge in [-0.05, 0) is 29.8 Å². The molecule has 0 spiro atoms. The first-order valence-corrected chi connectivity index (χ1v) is 5.94. The normalized spacial score (nSPS) is 11.2. The SMILES string of the molecule is O=Cc1ccc(OCc2cccc(C(F)(F)F)c2)cc1F. The molecule has 0 radical (unpaired) electrons. The van der Waals surface area contributed by atoms with Crippen molar-refractivity contribution < 1.29 is 27.1 Å². The van der Waals surface area contributed by atoms with Gasteiger partial charge in [-0.15, -0.1) is 0 Å². The minimum absolute atomic E-state index is 0.110. The third kappa shape index (κ3) is 3.81. The van der Waals surface area contributed by atoms with Crippen LogP contribution in [0.25, 0.3) is 0 Å². The number of hydrogen-bond acceptors (Lipinski definition) is 2. The van der Waals surface area contributed by atoms with Crippen LogP contribution in [0.5, 0.6) is 5.75 Å². The van der Waals surface area contributed by atoms with Gasteiger partial charge in [0, 0.05) is 6.07 Å². The molecule has 21 heavy (non-hydrogen) atoms. The molecule has 0 aliphatic carbocycles. The third-order valence-electron chi connectivity index (χ3n) is 2.76. The molecule has 0 aromatic heterocycles. The van der Waals surface area contributed by atoms with E-state index >= 15 is 0 Å². The zero-order valence-corrected chi connectivity index (χ0v) is 10.7. The zero-order chi connectivity index (χ0) is 15.5. The average molecular weight is 298 g/mol. The van der Waals surface area contributed by atoms with E-state index in [-0.39, 0.29) is 17.9 Å². The van der Waals surface area contributed by atoms with Crippen LogP contribution in [0.1, 0.15) is 21.5 Å². The van der Waals surface area contributed by atoms with E-state index in [1.807, 2.05) is 0 Å². The van der Waals surface area contributed by atoms with Crippen LogP contribution in [0.4, 0.5) is 17.6 Å². The molecule has 0 bridgehead atoms. The smallest absolute Gasteiger partial charge is 0.416 e. The molecule has 0 fully saturated rings. The van der Waals surface area contributed by atoms with Gasteiger partial charge >= 0.3 is 6.18 Å². The fourth-order valence-electron chi connectivity index (χ4n) is 1.70. The van der Waals surface area contributed by atoms with Crippen molar-refractivity contribution in [1.82, 2.24) is 0 Å². The lowest BCUT2D eigenvalue weighted by Crippen LogP contribution is -2.06. The Kier molecular flexibility index (Phi) is 4.26. The maximum absolute atomic E-state index is 13.3. The molecule has 2 nitrogen and oxygen atoms in total. The fourth-order valence-corrected chi connectivity index (χ4v) is 1.70. The number of carbonyl (C=O) groups is 1. The van der Waals surface area contributed by atoms with E-state index in [0.29, 0.717) is 11.8 Å². The molecule has 0 N–H and O–H groups in total. The molecule has 0 aliphatic heterocycles. The summed E-state index contributed by atoms with van der Waals surface area (Å²) in [5.74, 6) is -0.609. The summed E-state index contributed by atoms with van der Waals surface area (Å²) in [7, 11) is 0. The fraction of sp³-hybridized carbons (Fsp3) is 0.133. The second kappa shape index (κ2) is 5.95. The van der Waals surface area contributed by atoms with Crippen LogP contribution in [0.2, 0.25) is 0 Å². The third-order valence-corrected chi connectivity index (χ3v) is 2.76. The van der Waals surface area contributed by atoms with Gasteiger partial charge in [-0.2, -0.15) is 13.2 Å². The Morgan fingerprint density at radius 2 is 1.86 bits per heavy atom. The highest BCUT2D eigenvalue weighted by Gasteiger charge is 2.30. The zero-order valence-electron chi connectivity index (χ0n) is 10.7. The Bertz CT molecular complexity index is 650. The van der Waals surface area contributed by atoms with E-state index in [2.05, 4.69) is 0 Å². The second-order valence-electron chi connectivity index (χ2n) is 4.29. The highest BCUT2D eigenvalue weighted by atomic mass is 19.4. The molecular weight excluding hydrogens is 288 g/mol. The van der Waals surface area contributed by atoms with Gasteiger partial charge in [0.2, 0.25) is 0 Å². The van der Waals surface area contributed by atoms with Crippen LogP contribution in [0.15, 0.2) is 42.5 Å². The number of aldehydes is 1. The molecule has 0 heterocycles. The molecule has 0 saturated carbocycles. The monoisotopic (exact) mass is 298 g/mol. The van der Waals surface area contributed by atoms with Crippen LogP contribution < -0.4 is 4.74 Å². The van der Waals surface area contributed by atoms with E-state index < -0.39 is 17.6 Å². The molecule has 2 rings (SSSR count). The minimum Gasteiger partial charge on any atom is -0.489 e. The van der Waals surface area contributed by atoms with E-state index in [0.717, 1.165) is 18.2 Å². The van der Waals surface area contributed by atoms with Crippen molar-refractivity contribution in [2.24, 2.45) is 0 Å². The van der Waals surface area contributed by atoms with Crippen LogP contribution in [-0.2, 0) is 12.8 Å². The van der Waals surface area contributed by atoms with Gasteiger partial charge in [0.05, 0.1) is 11.1 Å². The van der Waals surface area contributed by atoms with Crippen molar-refractivity contribution in [3.63, 3.8) is 0 Å². The summed E-state index contributed by atoms with van der Waals surface area (Å²) in [6.07, 6.45) is -4.06. The topological polar surface area (TPSA) is 26.3 Å². The van der Waals surface area contributed by atoms with Gasteiger partial charge in [-0.25, -0.2) is 4.39 Å². The number of alkyl halides is 3. The van der Waals surface area contributed by atoms with E-state index in [9.17, 15) is 22.4 Å². The van der Waals surface area contributed by atoms with Crippen LogP contribution >= 0.6 is 0 Å². The Morgan fingerprint density at radius 1 is 1.10 bits per heavy atom. The van der Waals surface area contributed by atoms with Crippen molar-refractivity contribution in [3.05, 3.63) is 65.0 Å². The second-order valence-corrected chi connectivity index (χ2v) is 4.29. The lowest BCUT2D eigenvalue weighted by atomic mass is 10.1. The van der Waals surface area contributed by atoms with Crippen LogP contribution in [-0.4, -0.2) is 6.29 Å². The maximum atomic E-state index is 13.3. The molecule has 0 atom stereocenters. The van der Waals surface area contributed by atoms with Gasteiger partial charge < -0.3 is 4.74 Å². The van der Waals surface area contributed by atoms with Crippen molar-refractivity contribution in [3.8, 4) is 5.75 Å². The van der Waals surface area contributed by atoms with E-state index in [1.165, 1.54) is 24.3 Å². The number of benzene rings is 2. The molecule has 6 heteroatoms. The minimum atomic E-state index is -4.42. The molecule has 2 aromatic carbocycles. The number of rotatable bonds is 4.